The second-order valence-corrected chi connectivity index (χ2v) is 5.61. The summed E-state index contributed by atoms with van der Waals surface area (Å²) in [6.07, 6.45) is 1.27. The van der Waals surface area contributed by atoms with Crippen molar-refractivity contribution in [3.05, 3.63) is 29.3 Å². The maximum Gasteiger partial charge on any atom is 0.303 e. The summed E-state index contributed by atoms with van der Waals surface area (Å²) in [5, 5.41) is 11.9. The number of halogens is 1. The number of ether oxygens (including phenoxy) is 1. The van der Waals surface area contributed by atoms with Crippen molar-refractivity contribution in [3.8, 4) is 5.75 Å². The molecule has 0 fully saturated rings. The fourth-order valence-corrected chi connectivity index (χ4v) is 1.79. The van der Waals surface area contributed by atoms with Crippen molar-refractivity contribution in [2.45, 2.75) is 38.7 Å². The van der Waals surface area contributed by atoms with Crippen molar-refractivity contribution in [1.82, 2.24) is 5.32 Å². The lowest BCUT2D eigenvalue weighted by Gasteiger charge is -2.25. The highest BCUT2D eigenvalue weighted by atomic mass is 35.5. The van der Waals surface area contributed by atoms with Gasteiger partial charge in [0.15, 0.2) is 5.60 Å². The predicted molar refractivity (Wildman–Crippen MR) is 80.7 cm³/mol. The molecule has 0 heterocycles. The SMILES string of the molecule is CC(C)(Oc1ccc(Cl)cc1)C(=O)NCCCCC(=O)O. The van der Waals surface area contributed by atoms with Crippen LogP contribution in [-0.2, 0) is 9.59 Å². The number of carboxylic acid groups (broad SMARTS) is 1. The van der Waals surface area contributed by atoms with E-state index < -0.39 is 11.6 Å². The number of carboxylic acids is 1. The Labute approximate surface area is 129 Å². The molecule has 0 saturated carbocycles. The average Bonchev–Trinajstić information content (AvgIpc) is 2.40. The van der Waals surface area contributed by atoms with E-state index in [0.717, 1.165) is 0 Å². The first-order chi connectivity index (χ1) is 9.81. The van der Waals surface area contributed by atoms with E-state index in [0.29, 0.717) is 30.2 Å². The third-order valence-electron chi connectivity index (χ3n) is 2.84. The fraction of sp³-hybridized carbons (Fsp3) is 0.467. The Balaban J connectivity index is 2.40. The number of rotatable bonds is 8. The lowest BCUT2D eigenvalue weighted by atomic mass is 10.1. The van der Waals surface area contributed by atoms with Crippen LogP contribution in [0.5, 0.6) is 5.75 Å². The number of carbonyl (C=O) groups excluding carboxylic acids is 1. The number of aliphatic carboxylic acids is 1. The smallest absolute Gasteiger partial charge is 0.303 e. The molecule has 6 heteroatoms. The first-order valence-corrected chi connectivity index (χ1v) is 7.14. The van der Waals surface area contributed by atoms with Crippen molar-refractivity contribution in [2.24, 2.45) is 0 Å². The van der Waals surface area contributed by atoms with E-state index in [1.807, 2.05) is 0 Å². The Morgan fingerprint density at radius 2 is 1.86 bits per heavy atom. The van der Waals surface area contributed by atoms with Crippen LogP contribution in [0.1, 0.15) is 33.1 Å². The van der Waals surface area contributed by atoms with E-state index in [1.165, 1.54) is 0 Å². The molecule has 1 aromatic rings. The van der Waals surface area contributed by atoms with Gasteiger partial charge in [-0.1, -0.05) is 11.6 Å². The average molecular weight is 314 g/mol. The van der Waals surface area contributed by atoms with Crippen LogP contribution in [-0.4, -0.2) is 29.1 Å². The quantitative estimate of drug-likeness (QED) is 0.724. The van der Waals surface area contributed by atoms with Crippen LogP contribution in [0.25, 0.3) is 0 Å². The molecule has 1 aromatic carbocycles. The van der Waals surface area contributed by atoms with Crippen molar-refractivity contribution < 1.29 is 19.4 Å². The number of hydrogen-bond acceptors (Lipinski definition) is 3. The second-order valence-electron chi connectivity index (χ2n) is 5.17. The summed E-state index contributed by atoms with van der Waals surface area (Å²) < 4.78 is 5.65. The summed E-state index contributed by atoms with van der Waals surface area (Å²) in [5.41, 5.74) is -1.01. The van der Waals surface area contributed by atoms with E-state index >= 15 is 0 Å². The Morgan fingerprint density at radius 1 is 1.24 bits per heavy atom. The monoisotopic (exact) mass is 313 g/mol. The summed E-state index contributed by atoms with van der Waals surface area (Å²) >= 11 is 5.79. The lowest BCUT2D eigenvalue weighted by molar-refractivity contribution is -0.137. The van der Waals surface area contributed by atoms with Gasteiger partial charge in [-0.05, 0) is 51.0 Å². The molecule has 0 radical (unpaired) electrons. The first kappa shape index (κ1) is 17.3. The molecule has 0 saturated heterocycles. The molecule has 0 spiro atoms. The maximum absolute atomic E-state index is 12.1. The summed E-state index contributed by atoms with van der Waals surface area (Å²) in [7, 11) is 0. The van der Waals surface area contributed by atoms with E-state index in [-0.39, 0.29) is 12.3 Å². The zero-order valence-electron chi connectivity index (χ0n) is 12.2. The highest BCUT2D eigenvalue weighted by molar-refractivity contribution is 6.30. The minimum atomic E-state index is -1.01. The summed E-state index contributed by atoms with van der Waals surface area (Å²) in [6, 6.07) is 6.78. The van der Waals surface area contributed by atoms with Crippen LogP contribution in [0.15, 0.2) is 24.3 Å². The molecular formula is C15H20ClNO4. The van der Waals surface area contributed by atoms with Crippen LogP contribution < -0.4 is 10.1 Å². The van der Waals surface area contributed by atoms with Crippen LogP contribution in [0, 0.1) is 0 Å². The number of nitrogens with one attached hydrogen (secondary N) is 1. The molecule has 1 amide bonds. The zero-order valence-corrected chi connectivity index (χ0v) is 12.9. The Bertz CT molecular complexity index is 485. The molecule has 0 aromatic heterocycles. The highest BCUT2D eigenvalue weighted by Crippen LogP contribution is 2.20. The van der Waals surface area contributed by atoms with Gasteiger partial charge in [0.1, 0.15) is 5.75 Å². The summed E-state index contributed by atoms with van der Waals surface area (Å²) in [4.78, 5) is 22.4. The predicted octanol–water partition coefficient (Wildman–Crippen LogP) is 2.87. The third kappa shape index (κ3) is 6.49. The molecule has 0 atom stereocenters. The van der Waals surface area contributed by atoms with Gasteiger partial charge in [-0.15, -0.1) is 0 Å². The van der Waals surface area contributed by atoms with E-state index in [1.54, 1.807) is 38.1 Å². The standard InChI is InChI=1S/C15H20ClNO4/c1-15(2,21-12-8-6-11(16)7-9-12)14(20)17-10-4-3-5-13(18)19/h6-9H,3-5,10H2,1-2H3,(H,17,20)(H,18,19). The van der Waals surface area contributed by atoms with Gasteiger partial charge in [-0.3, -0.25) is 9.59 Å². The molecule has 1 rings (SSSR count). The highest BCUT2D eigenvalue weighted by Gasteiger charge is 2.29. The number of benzene rings is 1. The minimum Gasteiger partial charge on any atom is -0.481 e. The third-order valence-corrected chi connectivity index (χ3v) is 3.09. The normalized spacial score (nSPS) is 11.0. The van der Waals surface area contributed by atoms with E-state index in [9.17, 15) is 9.59 Å². The van der Waals surface area contributed by atoms with Gasteiger partial charge in [-0.25, -0.2) is 0 Å². The lowest BCUT2D eigenvalue weighted by Crippen LogP contribution is -2.46. The van der Waals surface area contributed by atoms with Crippen LogP contribution in [0.3, 0.4) is 0 Å². The minimum absolute atomic E-state index is 0.112. The van der Waals surface area contributed by atoms with Crippen molar-refractivity contribution in [1.29, 1.82) is 0 Å². The second kappa shape index (κ2) is 7.88. The van der Waals surface area contributed by atoms with Crippen LogP contribution in [0.2, 0.25) is 5.02 Å². The molecule has 0 aliphatic carbocycles. The van der Waals surface area contributed by atoms with Gasteiger partial charge in [0.05, 0.1) is 0 Å². The molecule has 0 aliphatic heterocycles. The first-order valence-electron chi connectivity index (χ1n) is 6.76. The molecule has 0 unspecified atom stereocenters. The fourth-order valence-electron chi connectivity index (χ4n) is 1.66. The number of unbranched alkanes of at least 4 members (excludes halogenated alkanes) is 1. The number of hydrogen-bond donors (Lipinski definition) is 2. The van der Waals surface area contributed by atoms with Crippen molar-refractivity contribution >= 4 is 23.5 Å². The van der Waals surface area contributed by atoms with Gasteiger partial charge >= 0.3 is 5.97 Å². The van der Waals surface area contributed by atoms with E-state index in [2.05, 4.69) is 5.32 Å². The topological polar surface area (TPSA) is 75.6 Å². The van der Waals surface area contributed by atoms with Gasteiger partial charge in [0, 0.05) is 18.0 Å². The van der Waals surface area contributed by atoms with Crippen molar-refractivity contribution in [3.63, 3.8) is 0 Å². The molecule has 21 heavy (non-hydrogen) atoms. The number of carbonyl (C=O) groups is 2. The largest absolute Gasteiger partial charge is 0.481 e. The molecule has 5 nitrogen and oxygen atoms in total. The Morgan fingerprint density at radius 3 is 2.43 bits per heavy atom. The molecule has 2 N–H and O–H groups in total. The molecule has 0 aliphatic rings. The Kier molecular flexibility index (Phi) is 6.49. The molecule has 116 valence electrons. The van der Waals surface area contributed by atoms with Crippen LogP contribution >= 0.6 is 11.6 Å². The molecule has 0 bridgehead atoms. The molecular weight excluding hydrogens is 294 g/mol. The van der Waals surface area contributed by atoms with Crippen molar-refractivity contribution in [2.75, 3.05) is 6.54 Å². The van der Waals surface area contributed by atoms with Gasteiger partial charge in [0.2, 0.25) is 0 Å². The number of amides is 1. The van der Waals surface area contributed by atoms with E-state index in [4.69, 9.17) is 21.4 Å². The van der Waals surface area contributed by atoms with Gasteiger partial charge < -0.3 is 15.2 Å². The summed E-state index contributed by atoms with van der Waals surface area (Å²) in [6.45, 7) is 3.78. The van der Waals surface area contributed by atoms with Gasteiger partial charge in [-0.2, -0.15) is 0 Å². The zero-order chi connectivity index (χ0) is 15.9. The van der Waals surface area contributed by atoms with Crippen LogP contribution in [0.4, 0.5) is 0 Å². The summed E-state index contributed by atoms with van der Waals surface area (Å²) in [5.74, 6) is -0.508. The van der Waals surface area contributed by atoms with Gasteiger partial charge in [0.25, 0.3) is 5.91 Å². The Hall–Kier alpha value is -1.75. The maximum atomic E-state index is 12.1.